The van der Waals surface area contributed by atoms with Crippen LogP contribution in [-0.4, -0.2) is 11.6 Å². The molecule has 2 aromatic carbocycles. The highest BCUT2D eigenvalue weighted by Gasteiger charge is 2.59. The van der Waals surface area contributed by atoms with Gasteiger partial charge in [-0.2, -0.15) is 0 Å². The number of carbonyl (C=O) groups excluding carboxylic acids is 2. The molecule has 0 aliphatic heterocycles. The molecule has 132 valence electrons. The lowest BCUT2D eigenvalue weighted by atomic mass is 9.58. The van der Waals surface area contributed by atoms with Gasteiger partial charge in [-0.05, 0) is 28.5 Å². The predicted molar refractivity (Wildman–Crippen MR) is 104 cm³/mol. The molecule has 0 aromatic heterocycles. The van der Waals surface area contributed by atoms with Crippen molar-refractivity contribution in [2.45, 2.75) is 38.5 Å². The molecule has 2 aliphatic carbocycles. The normalized spacial score (nSPS) is 23.5. The van der Waals surface area contributed by atoms with Crippen molar-refractivity contribution in [2.75, 3.05) is 0 Å². The van der Waals surface area contributed by atoms with Crippen LogP contribution in [0.3, 0.4) is 0 Å². The minimum Gasteiger partial charge on any atom is -0.298 e. The Morgan fingerprint density at radius 2 is 1.50 bits per heavy atom. The topological polar surface area (TPSA) is 34.1 Å². The monoisotopic (exact) mass is 344 g/mol. The maximum atomic E-state index is 13.4. The molecule has 2 nitrogen and oxygen atoms in total. The number of benzene rings is 2. The van der Waals surface area contributed by atoms with E-state index in [0.29, 0.717) is 12.8 Å². The number of Topliss-reactive ketones (excluding diaryl/α,β-unsaturated/α-hetero) is 2. The number of hydrogen-bond acceptors (Lipinski definition) is 2. The third-order valence-electron chi connectivity index (χ3n) is 5.92. The average Bonchev–Trinajstić information content (AvgIpc) is 2.94. The van der Waals surface area contributed by atoms with Crippen molar-refractivity contribution in [3.05, 3.63) is 77.4 Å². The quantitative estimate of drug-likeness (QED) is 0.736. The number of hydrogen-bond donors (Lipinski definition) is 0. The highest BCUT2D eigenvalue weighted by molar-refractivity contribution is 6.16. The molecule has 2 heteroatoms. The summed E-state index contributed by atoms with van der Waals surface area (Å²) in [7, 11) is 0. The molecule has 0 saturated heterocycles. The summed E-state index contributed by atoms with van der Waals surface area (Å²) in [5.74, 6) is 0.0778. The summed E-state index contributed by atoms with van der Waals surface area (Å²) in [5, 5.41) is 0. The molecule has 26 heavy (non-hydrogen) atoms. The fourth-order valence-electron chi connectivity index (χ4n) is 4.76. The second-order valence-corrected chi connectivity index (χ2v) is 8.41. The van der Waals surface area contributed by atoms with E-state index >= 15 is 0 Å². The van der Waals surface area contributed by atoms with Crippen molar-refractivity contribution in [3.8, 4) is 0 Å². The van der Waals surface area contributed by atoms with Crippen LogP contribution in [0, 0.1) is 11.3 Å². The molecule has 1 atom stereocenters. The van der Waals surface area contributed by atoms with E-state index in [1.165, 1.54) is 0 Å². The van der Waals surface area contributed by atoms with Crippen LogP contribution in [0.4, 0.5) is 0 Å². The number of ketones is 2. The minimum atomic E-state index is -0.989. The first-order valence-corrected chi connectivity index (χ1v) is 9.32. The Balaban J connectivity index is 1.81. The third kappa shape index (κ3) is 2.56. The molecule has 0 bridgehead atoms. The smallest absolute Gasteiger partial charge is 0.152 e. The maximum Gasteiger partial charge on any atom is 0.152 e. The van der Waals surface area contributed by atoms with Crippen molar-refractivity contribution < 1.29 is 9.59 Å². The zero-order valence-corrected chi connectivity index (χ0v) is 15.4. The van der Waals surface area contributed by atoms with Gasteiger partial charge in [0.05, 0.1) is 0 Å². The fourth-order valence-corrected chi connectivity index (χ4v) is 4.76. The summed E-state index contributed by atoms with van der Waals surface area (Å²) in [5.41, 5.74) is 1.93. The van der Waals surface area contributed by atoms with Crippen molar-refractivity contribution in [2.24, 2.45) is 11.3 Å². The lowest BCUT2D eigenvalue weighted by Gasteiger charge is -2.41. The van der Waals surface area contributed by atoms with Gasteiger partial charge in [0, 0.05) is 18.8 Å². The van der Waals surface area contributed by atoms with Gasteiger partial charge in [-0.25, -0.2) is 0 Å². The molecule has 0 N–H and O–H groups in total. The number of rotatable bonds is 2. The van der Waals surface area contributed by atoms with Crippen LogP contribution in [0.1, 0.15) is 43.4 Å². The van der Waals surface area contributed by atoms with E-state index in [0.717, 1.165) is 23.1 Å². The van der Waals surface area contributed by atoms with Crippen LogP contribution in [0.15, 0.2) is 60.7 Å². The molecule has 1 saturated carbocycles. The second-order valence-electron chi connectivity index (χ2n) is 8.41. The average molecular weight is 344 g/mol. The predicted octanol–water partition coefficient (Wildman–Crippen LogP) is 4.77. The van der Waals surface area contributed by atoms with Crippen LogP contribution in [0.25, 0.3) is 6.08 Å². The van der Waals surface area contributed by atoms with E-state index in [1.54, 1.807) is 0 Å². The Bertz CT molecular complexity index is 869. The third-order valence-corrected chi connectivity index (χ3v) is 5.92. The molecule has 0 amide bonds. The summed E-state index contributed by atoms with van der Waals surface area (Å²) in [6.45, 7) is 4.04. The molecule has 1 fully saturated rings. The zero-order valence-electron chi connectivity index (χ0n) is 15.4. The second kappa shape index (κ2) is 6.05. The van der Waals surface area contributed by atoms with Gasteiger partial charge < -0.3 is 0 Å². The van der Waals surface area contributed by atoms with Crippen LogP contribution >= 0.6 is 0 Å². The van der Waals surface area contributed by atoms with E-state index in [1.807, 2.05) is 62.4 Å². The van der Waals surface area contributed by atoms with Gasteiger partial charge >= 0.3 is 0 Å². The van der Waals surface area contributed by atoms with E-state index in [-0.39, 0.29) is 22.9 Å². The fraction of sp³-hybridized carbons (Fsp3) is 0.333. The van der Waals surface area contributed by atoms with E-state index in [9.17, 15) is 9.59 Å². The van der Waals surface area contributed by atoms with Crippen molar-refractivity contribution in [3.63, 3.8) is 0 Å². The Morgan fingerprint density at radius 1 is 0.885 bits per heavy atom. The van der Waals surface area contributed by atoms with Crippen LogP contribution in [0.5, 0.6) is 0 Å². The minimum absolute atomic E-state index is 0.0893. The lowest BCUT2D eigenvalue weighted by molar-refractivity contribution is -0.143. The van der Waals surface area contributed by atoms with Crippen molar-refractivity contribution in [1.29, 1.82) is 0 Å². The molecule has 4 rings (SSSR count). The summed E-state index contributed by atoms with van der Waals surface area (Å²) in [6.07, 6.45) is 5.81. The summed E-state index contributed by atoms with van der Waals surface area (Å²) in [6, 6.07) is 18.1. The molecular formula is C24H24O2. The molecule has 0 heterocycles. The first kappa shape index (κ1) is 17.0. The summed E-state index contributed by atoms with van der Waals surface area (Å²) < 4.78 is 0. The highest BCUT2D eigenvalue weighted by atomic mass is 16.2. The molecule has 1 unspecified atom stereocenters. The Labute approximate surface area is 154 Å². The van der Waals surface area contributed by atoms with Crippen LogP contribution in [0.2, 0.25) is 0 Å². The van der Waals surface area contributed by atoms with Crippen LogP contribution in [-0.2, 0) is 21.4 Å². The first-order valence-electron chi connectivity index (χ1n) is 9.32. The SMILES string of the molecule is CC1(C)CC(=O)C2(C(=O)C1)c1ccccc1CC2/C=C/c1ccccc1. The largest absolute Gasteiger partial charge is 0.298 e. The van der Waals surface area contributed by atoms with Crippen LogP contribution < -0.4 is 0 Å². The lowest BCUT2D eigenvalue weighted by Crippen LogP contribution is -2.53. The van der Waals surface area contributed by atoms with Gasteiger partial charge in [0.1, 0.15) is 5.41 Å². The zero-order chi connectivity index (χ0) is 18.4. The van der Waals surface area contributed by atoms with E-state index in [2.05, 4.69) is 18.2 Å². The number of allylic oxidation sites excluding steroid dienone is 1. The standard InChI is InChI=1S/C24H24O2/c1-23(2)15-21(25)24(22(26)16-23)19(13-12-17-8-4-3-5-9-17)14-18-10-6-7-11-20(18)24/h3-13,19H,14-16H2,1-2H3/b13-12+. The van der Waals surface area contributed by atoms with Gasteiger partial charge in [0.25, 0.3) is 0 Å². The number of fused-ring (bicyclic) bond motifs is 2. The van der Waals surface area contributed by atoms with Gasteiger partial charge in [-0.15, -0.1) is 0 Å². The molecular weight excluding hydrogens is 320 g/mol. The molecule has 2 aliphatic rings. The van der Waals surface area contributed by atoms with Crippen molar-refractivity contribution >= 4 is 17.6 Å². The maximum absolute atomic E-state index is 13.4. The molecule has 2 aromatic rings. The van der Waals surface area contributed by atoms with Gasteiger partial charge in [-0.3, -0.25) is 9.59 Å². The van der Waals surface area contributed by atoms with Gasteiger partial charge in [0.2, 0.25) is 0 Å². The first-order chi connectivity index (χ1) is 12.4. The molecule has 1 spiro atoms. The molecule has 0 radical (unpaired) electrons. The highest BCUT2D eigenvalue weighted by Crippen LogP contribution is 2.52. The van der Waals surface area contributed by atoms with Gasteiger partial charge in [-0.1, -0.05) is 80.6 Å². The van der Waals surface area contributed by atoms with E-state index < -0.39 is 5.41 Å². The summed E-state index contributed by atoms with van der Waals surface area (Å²) >= 11 is 0. The summed E-state index contributed by atoms with van der Waals surface area (Å²) in [4.78, 5) is 26.7. The van der Waals surface area contributed by atoms with Crippen molar-refractivity contribution in [1.82, 2.24) is 0 Å². The Hall–Kier alpha value is -2.48. The Morgan fingerprint density at radius 3 is 2.19 bits per heavy atom. The van der Waals surface area contributed by atoms with E-state index in [4.69, 9.17) is 0 Å². The Kier molecular flexibility index (Phi) is 3.95. The van der Waals surface area contributed by atoms with Gasteiger partial charge in [0.15, 0.2) is 11.6 Å². The number of carbonyl (C=O) groups is 2.